The smallest absolute Gasteiger partial charge is 0.277 e. The summed E-state index contributed by atoms with van der Waals surface area (Å²) >= 11 is 0. The van der Waals surface area contributed by atoms with Crippen molar-refractivity contribution in [1.29, 1.82) is 0 Å². The molecule has 9 heteroatoms. The lowest BCUT2D eigenvalue weighted by Gasteiger charge is -2.17. The van der Waals surface area contributed by atoms with E-state index in [2.05, 4.69) is 26.0 Å². The summed E-state index contributed by atoms with van der Waals surface area (Å²) in [5.41, 5.74) is 8.88. The third-order valence-corrected chi connectivity index (χ3v) is 4.75. The Morgan fingerprint density at radius 3 is 2.71 bits per heavy atom. The molecule has 0 saturated heterocycles. The van der Waals surface area contributed by atoms with Crippen LogP contribution in [0.3, 0.4) is 0 Å². The maximum Gasteiger partial charge on any atom is 0.277 e. The molecule has 0 aliphatic heterocycles. The molecule has 3 aromatic rings. The molecule has 2 aromatic heterocycles. The first-order chi connectivity index (χ1) is 13.0. The van der Waals surface area contributed by atoms with Crippen LogP contribution in [0.4, 0.5) is 11.6 Å². The second kappa shape index (κ2) is 9.18. The molecule has 0 saturated carbocycles. The number of nitrogens with two attached hydrogens (primary N) is 1. The largest absolute Gasteiger partial charge is 1.00 e. The van der Waals surface area contributed by atoms with Crippen LogP contribution >= 0.6 is 0 Å². The fraction of sp³-hybridized carbons (Fsp3) is 0.368. The molecule has 28 heavy (non-hydrogen) atoms. The van der Waals surface area contributed by atoms with E-state index in [-0.39, 0.29) is 29.8 Å². The summed E-state index contributed by atoms with van der Waals surface area (Å²) < 4.78 is 9.59. The van der Waals surface area contributed by atoms with E-state index in [9.17, 15) is 4.79 Å². The molecule has 150 valence electrons. The summed E-state index contributed by atoms with van der Waals surface area (Å²) in [7, 11) is 3.63. The van der Waals surface area contributed by atoms with Gasteiger partial charge in [0.1, 0.15) is 12.3 Å². The maximum absolute atomic E-state index is 11.9. The number of imidazole rings is 1. The molecule has 1 amide bonds. The summed E-state index contributed by atoms with van der Waals surface area (Å²) in [4.78, 5) is 22.0. The summed E-state index contributed by atoms with van der Waals surface area (Å²) in [5, 5.41) is 0. The van der Waals surface area contributed by atoms with Crippen LogP contribution in [0.15, 0.2) is 24.4 Å². The second-order valence-electron chi connectivity index (χ2n) is 6.23. The minimum atomic E-state index is 0. The number of hydrogen-bond acceptors (Lipinski definition) is 5. The molecule has 0 aliphatic rings. The van der Waals surface area contributed by atoms with E-state index in [1.165, 1.54) is 4.90 Å². The number of nitrogens with zero attached hydrogens (tertiary/aromatic N) is 5. The Balaban J connectivity index is 0.00000280. The molecule has 2 N–H and O–H groups in total. The normalized spacial score (nSPS) is 10.6. The molecule has 0 atom stereocenters. The molecule has 3 rings (SSSR count). The summed E-state index contributed by atoms with van der Waals surface area (Å²) in [6.07, 6.45) is 3.10. The average Bonchev–Trinajstić information content (AvgIpc) is 2.96. The van der Waals surface area contributed by atoms with Crippen molar-refractivity contribution in [1.82, 2.24) is 14.5 Å². The van der Waals surface area contributed by atoms with E-state index in [4.69, 9.17) is 10.5 Å². The van der Waals surface area contributed by atoms with Gasteiger partial charge in [-0.3, -0.25) is 9.69 Å². The SMILES string of the molecule is CCc1cnc(N)c(N(C=O)Cc2n(CC)c3cc(OC)ccc3[n+]2C)n1.[I-]. The van der Waals surface area contributed by atoms with Gasteiger partial charge in [-0.2, -0.15) is 0 Å². The van der Waals surface area contributed by atoms with Gasteiger partial charge in [-0.1, -0.05) is 6.92 Å². The highest BCUT2D eigenvalue weighted by molar-refractivity contribution is 5.79. The Bertz CT molecular complexity index is 988. The number of carbonyl (C=O) groups is 1. The third kappa shape index (κ3) is 3.89. The highest BCUT2D eigenvalue weighted by Crippen LogP contribution is 2.23. The van der Waals surface area contributed by atoms with Crippen LogP contribution in [0, 0.1) is 0 Å². The third-order valence-electron chi connectivity index (χ3n) is 4.75. The van der Waals surface area contributed by atoms with E-state index >= 15 is 0 Å². The first kappa shape index (κ1) is 21.9. The monoisotopic (exact) mass is 496 g/mol. The van der Waals surface area contributed by atoms with Gasteiger partial charge in [0.25, 0.3) is 5.82 Å². The molecular formula is C19H25IN6O2. The summed E-state index contributed by atoms with van der Waals surface area (Å²) in [6, 6.07) is 5.94. The number of aryl methyl sites for hydroxylation is 3. The van der Waals surface area contributed by atoms with Crippen molar-refractivity contribution in [2.24, 2.45) is 7.05 Å². The lowest BCUT2D eigenvalue weighted by atomic mass is 10.3. The number of anilines is 2. The summed E-state index contributed by atoms with van der Waals surface area (Å²) in [5.74, 6) is 2.37. The number of ether oxygens (including phenoxy) is 1. The van der Waals surface area contributed by atoms with E-state index in [0.29, 0.717) is 12.4 Å². The number of amides is 1. The predicted octanol–water partition coefficient (Wildman–Crippen LogP) is -1.40. The molecule has 1 aromatic carbocycles. The van der Waals surface area contributed by atoms with Crippen molar-refractivity contribution in [2.45, 2.75) is 33.4 Å². The molecule has 0 bridgehead atoms. The van der Waals surface area contributed by atoms with E-state index in [1.807, 2.05) is 32.2 Å². The van der Waals surface area contributed by atoms with E-state index < -0.39 is 0 Å². The number of rotatable bonds is 7. The quantitative estimate of drug-likeness (QED) is 0.247. The molecule has 0 fully saturated rings. The Labute approximate surface area is 181 Å². The zero-order valence-corrected chi connectivity index (χ0v) is 18.7. The Kier molecular flexibility index (Phi) is 7.17. The van der Waals surface area contributed by atoms with Crippen LogP contribution in [0.25, 0.3) is 11.0 Å². The first-order valence-electron chi connectivity index (χ1n) is 8.92. The predicted molar refractivity (Wildman–Crippen MR) is 103 cm³/mol. The minimum Gasteiger partial charge on any atom is -1.00 e. The van der Waals surface area contributed by atoms with Gasteiger partial charge >= 0.3 is 0 Å². The lowest BCUT2D eigenvalue weighted by Crippen LogP contribution is -3.00. The number of fused-ring (bicyclic) bond motifs is 1. The van der Waals surface area contributed by atoms with Crippen LogP contribution in [-0.4, -0.2) is 28.1 Å². The number of halogens is 1. The number of nitrogen functional groups attached to an aromatic ring is 1. The average molecular weight is 496 g/mol. The number of benzene rings is 1. The topological polar surface area (TPSA) is 90.2 Å². The minimum absolute atomic E-state index is 0. The van der Waals surface area contributed by atoms with Crippen LogP contribution in [-0.2, 0) is 31.4 Å². The standard InChI is InChI=1S/C19H25N6O2.HI/c1-5-13-10-21-18(20)19(22-13)24(12-26)11-17-23(3)15-8-7-14(27-4)9-16(15)25(17)6-2;/h7-10,12H,5-6,11H2,1-4H3,(H2,20,21);1H/q+1;/p-1. The van der Waals surface area contributed by atoms with Crippen molar-refractivity contribution in [2.75, 3.05) is 17.7 Å². The molecule has 0 spiro atoms. The van der Waals surface area contributed by atoms with Crippen molar-refractivity contribution in [3.63, 3.8) is 0 Å². The molecule has 0 aliphatic carbocycles. The van der Waals surface area contributed by atoms with Crippen LogP contribution in [0.5, 0.6) is 5.75 Å². The van der Waals surface area contributed by atoms with Gasteiger partial charge in [0.15, 0.2) is 22.7 Å². The zero-order chi connectivity index (χ0) is 19.6. The second-order valence-corrected chi connectivity index (χ2v) is 6.23. The highest BCUT2D eigenvalue weighted by atomic mass is 127. The van der Waals surface area contributed by atoms with Gasteiger partial charge in [-0.25, -0.2) is 19.1 Å². The van der Waals surface area contributed by atoms with Crippen LogP contribution in [0.2, 0.25) is 0 Å². The van der Waals surface area contributed by atoms with Crippen molar-refractivity contribution < 1.29 is 38.1 Å². The van der Waals surface area contributed by atoms with Crippen molar-refractivity contribution >= 4 is 29.1 Å². The van der Waals surface area contributed by atoms with Gasteiger partial charge in [-0.05, 0) is 25.5 Å². The van der Waals surface area contributed by atoms with Gasteiger partial charge in [0.05, 0.1) is 32.6 Å². The Hall–Kier alpha value is -2.43. The van der Waals surface area contributed by atoms with E-state index in [0.717, 1.165) is 47.7 Å². The molecule has 0 unspecified atom stereocenters. The van der Waals surface area contributed by atoms with Crippen molar-refractivity contribution in [3.05, 3.63) is 35.9 Å². The molecule has 0 radical (unpaired) electrons. The number of methoxy groups -OCH3 is 1. The number of carbonyl (C=O) groups excluding carboxylic acids is 1. The van der Waals surface area contributed by atoms with Gasteiger partial charge in [-0.15, -0.1) is 0 Å². The van der Waals surface area contributed by atoms with Gasteiger partial charge in [0.2, 0.25) is 6.41 Å². The molecular weight excluding hydrogens is 471 g/mol. The molecule has 8 nitrogen and oxygen atoms in total. The number of hydrogen-bond donors (Lipinski definition) is 1. The fourth-order valence-electron chi connectivity index (χ4n) is 3.25. The van der Waals surface area contributed by atoms with E-state index in [1.54, 1.807) is 13.3 Å². The van der Waals surface area contributed by atoms with Crippen LogP contribution < -0.4 is 43.9 Å². The Morgan fingerprint density at radius 2 is 2.11 bits per heavy atom. The lowest BCUT2D eigenvalue weighted by molar-refractivity contribution is -0.653. The van der Waals surface area contributed by atoms with Gasteiger partial charge in [0, 0.05) is 6.07 Å². The van der Waals surface area contributed by atoms with Gasteiger partial charge < -0.3 is 34.4 Å². The summed E-state index contributed by atoms with van der Waals surface area (Å²) in [6.45, 7) is 5.14. The molecule has 2 heterocycles. The van der Waals surface area contributed by atoms with Crippen LogP contribution in [0.1, 0.15) is 25.4 Å². The first-order valence-corrected chi connectivity index (χ1v) is 8.92. The highest BCUT2D eigenvalue weighted by Gasteiger charge is 2.26. The maximum atomic E-state index is 11.9. The zero-order valence-electron chi connectivity index (χ0n) is 16.5. The number of aromatic nitrogens is 4. The fourth-order valence-corrected chi connectivity index (χ4v) is 3.25. The van der Waals surface area contributed by atoms with Crippen molar-refractivity contribution in [3.8, 4) is 5.75 Å². The Morgan fingerprint density at radius 1 is 1.36 bits per heavy atom.